The van der Waals surface area contributed by atoms with Crippen LogP contribution in [0.3, 0.4) is 0 Å². The van der Waals surface area contributed by atoms with E-state index in [1.165, 1.54) is 4.31 Å². The average molecular weight is 493 g/mol. The van der Waals surface area contributed by atoms with Crippen LogP contribution in [-0.4, -0.2) is 31.2 Å². The number of aryl methyl sites for hydroxylation is 1. The Morgan fingerprint density at radius 3 is 2.27 bits per heavy atom. The van der Waals surface area contributed by atoms with Gasteiger partial charge in [0.15, 0.2) is 0 Å². The minimum Gasteiger partial charge on any atom is -0.348 e. The zero-order valence-corrected chi connectivity index (χ0v) is 19.9. The molecule has 0 saturated heterocycles. The third-order valence-electron chi connectivity index (χ3n) is 5.66. The van der Waals surface area contributed by atoms with E-state index in [1.54, 1.807) is 24.3 Å². The summed E-state index contributed by atoms with van der Waals surface area (Å²) in [7, 11) is -3.75. The monoisotopic (exact) mass is 492 g/mol. The van der Waals surface area contributed by atoms with Gasteiger partial charge in [0.2, 0.25) is 15.9 Å². The minimum atomic E-state index is -3.75. The normalized spacial score (nSPS) is 16.4. The number of benzene rings is 2. The molecule has 1 saturated carbocycles. The van der Waals surface area contributed by atoms with Crippen LogP contribution in [0.5, 0.6) is 0 Å². The molecule has 0 heterocycles. The predicted octanol–water partition coefficient (Wildman–Crippen LogP) is 4.96. The standard InChI is InChI=1S/C23H29BrN2O3S/c1-17-8-14-22(15-9-17)30(28,29)26(21-6-4-3-5-7-21)16-23(27)25-18(2)19-10-12-20(24)13-11-19/h8-15,18,21H,3-7,16H2,1-2H3,(H,25,27). The smallest absolute Gasteiger partial charge is 0.243 e. The molecule has 5 nitrogen and oxygen atoms in total. The molecule has 0 radical (unpaired) electrons. The van der Waals surface area contributed by atoms with Gasteiger partial charge >= 0.3 is 0 Å². The number of rotatable bonds is 7. The lowest BCUT2D eigenvalue weighted by Gasteiger charge is -2.33. The summed E-state index contributed by atoms with van der Waals surface area (Å²) in [5.41, 5.74) is 1.97. The summed E-state index contributed by atoms with van der Waals surface area (Å²) in [5, 5.41) is 2.96. The van der Waals surface area contributed by atoms with Crippen molar-refractivity contribution in [3.63, 3.8) is 0 Å². The van der Waals surface area contributed by atoms with E-state index >= 15 is 0 Å². The van der Waals surface area contributed by atoms with Gasteiger partial charge in [-0.25, -0.2) is 8.42 Å². The van der Waals surface area contributed by atoms with Crippen LogP contribution < -0.4 is 5.32 Å². The molecule has 1 amide bonds. The van der Waals surface area contributed by atoms with E-state index in [-0.39, 0.29) is 29.4 Å². The van der Waals surface area contributed by atoms with Gasteiger partial charge in [-0.1, -0.05) is 65.0 Å². The number of nitrogens with one attached hydrogen (secondary N) is 1. The van der Waals surface area contributed by atoms with Crippen molar-refractivity contribution >= 4 is 31.9 Å². The molecule has 7 heteroatoms. The van der Waals surface area contributed by atoms with Crippen LogP contribution in [0.4, 0.5) is 0 Å². The molecule has 3 rings (SSSR count). The molecule has 0 aliphatic heterocycles. The minimum absolute atomic E-state index is 0.140. The summed E-state index contributed by atoms with van der Waals surface area (Å²) in [4.78, 5) is 13.1. The van der Waals surface area contributed by atoms with E-state index in [0.29, 0.717) is 0 Å². The number of hydrogen-bond donors (Lipinski definition) is 1. The van der Waals surface area contributed by atoms with E-state index in [9.17, 15) is 13.2 Å². The molecule has 30 heavy (non-hydrogen) atoms. The van der Waals surface area contributed by atoms with Crippen LogP contribution in [0, 0.1) is 6.92 Å². The van der Waals surface area contributed by atoms with E-state index < -0.39 is 10.0 Å². The van der Waals surface area contributed by atoms with Gasteiger partial charge in [0, 0.05) is 10.5 Å². The van der Waals surface area contributed by atoms with Crippen molar-refractivity contribution in [1.82, 2.24) is 9.62 Å². The number of sulfonamides is 1. The first-order valence-electron chi connectivity index (χ1n) is 10.4. The molecule has 1 aliphatic rings. The van der Waals surface area contributed by atoms with Crippen molar-refractivity contribution in [2.75, 3.05) is 6.54 Å². The molecule has 1 fully saturated rings. The Morgan fingerprint density at radius 2 is 1.67 bits per heavy atom. The van der Waals surface area contributed by atoms with Gasteiger partial charge < -0.3 is 5.32 Å². The summed E-state index contributed by atoms with van der Waals surface area (Å²) in [5.74, 6) is -0.285. The van der Waals surface area contributed by atoms with Crippen LogP contribution in [0.25, 0.3) is 0 Å². The zero-order valence-electron chi connectivity index (χ0n) is 17.5. The van der Waals surface area contributed by atoms with Crippen LogP contribution >= 0.6 is 15.9 Å². The van der Waals surface area contributed by atoms with Gasteiger partial charge in [0.1, 0.15) is 0 Å². The average Bonchev–Trinajstić information content (AvgIpc) is 2.73. The Morgan fingerprint density at radius 1 is 1.07 bits per heavy atom. The molecule has 1 aliphatic carbocycles. The van der Waals surface area contributed by atoms with Crippen molar-refractivity contribution < 1.29 is 13.2 Å². The Bertz CT molecular complexity index is 953. The molecule has 2 aromatic carbocycles. The maximum Gasteiger partial charge on any atom is 0.243 e. The second-order valence-corrected chi connectivity index (χ2v) is 10.8. The lowest BCUT2D eigenvalue weighted by atomic mass is 9.95. The molecule has 0 bridgehead atoms. The first-order chi connectivity index (χ1) is 14.3. The van der Waals surface area contributed by atoms with E-state index in [2.05, 4.69) is 21.2 Å². The predicted molar refractivity (Wildman–Crippen MR) is 123 cm³/mol. The fraction of sp³-hybridized carbons (Fsp3) is 0.435. The van der Waals surface area contributed by atoms with Crippen LogP contribution in [0.15, 0.2) is 57.9 Å². The molecule has 1 unspecified atom stereocenters. The number of carbonyl (C=O) groups excluding carboxylic acids is 1. The lowest BCUT2D eigenvalue weighted by Crippen LogP contribution is -2.47. The van der Waals surface area contributed by atoms with Gasteiger partial charge in [-0.15, -0.1) is 0 Å². The third-order valence-corrected chi connectivity index (χ3v) is 8.10. The quantitative estimate of drug-likeness (QED) is 0.593. The van der Waals surface area contributed by atoms with E-state index in [1.807, 2.05) is 38.1 Å². The Hall–Kier alpha value is -1.70. The third kappa shape index (κ3) is 5.71. The van der Waals surface area contributed by atoms with E-state index in [4.69, 9.17) is 0 Å². The molecule has 162 valence electrons. The number of hydrogen-bond acceptors (Lipinski definition) is 3. The second-order valence-electron chi connectivity index (χ2n) is 8.00. The first kappa shape index (κ1) is 23.0. The van der Waals surface area contributed by atoms with Gasteiger partial charge in [-0.2, -0.15) is 4.31 Å². The Kier molecular flexibility index (Phi) is 7.71. The van der Waals surface area contributed by atoms with Crippen molar-refractivity contribution in [1.29, 1.82) is 0 Å². The van der Waals surface area contributed by atoms with Crippen LogP contribution in [-0.2, 0) is 14.8 Å². The van der Waals surface area contributed by atoms with Crippen molar-refractivity contribution in [2.45, 2.75) is 62.9 Å². The van der Waals surface area contributed by atoms with Crippen molar-refractivity contribution in [2.24, 2.45) is 0 Å². The highest BCUT2D eigenvalue weighted by molar-refractivity contribution is 9.10. The maximum absolute atomic E-state index is 13.4. The molecular weight excluding hydrogens is 464 g/mol. The van der Waals surface area contributed by atoms with Gasteiger partial charge in [-0.05, 0) is 56.5 Å². The molecule has 0 aromatic heterocycles. The summed E-state index contributed by atoms with van der Waals surface area (Å²) >= 11 is 3.41. The highest BCUT2D eigenvalue weighted by Crippen LogP contribution is 2.28. The fourth-order valence-electron chi connectivity index (χ4n) is 3.89. The summed E-state index contributed by atoms with van der Waals surface area (Å²) < 4.78 is 29.2. The van der Waals surface area contributed by atoms with E-state index in [0.717, 1.165) is 47.7 Å². The van der Waals surface area contributed by atoms with Crippen molar-refractivity contribution in [3.8, 4) is 0 Å². The number of carbonyl (C=O) groups is 1. The maximum atomic E-state index is 13.4. The van der Waals surface area contributed by atoms with Gasteiger partial charge in [0.25, 0.3) is 0 Å². The summed E-state index contributed by atoms with van der Waals surface area (Å²) in [6.07, 6.45) is 4.67. The first-order valence-corrected chi connectivity index (χ1v) is 12.6. The Balaban J connectivity index is 1.79. The summed E-state index contributed by atoms with van der Waals surface area (Å²) in [6.45, 7) is 3.66. The number of nitrogens with zero attached hydrogens (tertiary/aromatic N) is 1. The van der Waals surface area contributed by atoms with Gasteiger partial charge in [0.05, 0.1) is 17.5 Å². The summed E-state index contributed by atoms with van der Waals surface area (Å²) in [6, 6.07) is 14.2. The number of amides is 1. The van der Waals surface area contributed by atoms with Crippen LogP contribution in [0.2, 0.25) is 0 Å². The van der Waals surface area contributed by atoms with Gasteiger partial charge in [-0.3, -0.25) is 4.79 Å². The molecular formula is C23H29BrN2O3S. The topological polar surface area (TPSA) is 66.5 Å². The zero-order chi connectivity index (χ0) is 21.7. The second kappa shape index (κ2) is 10.1. The SMILES string of the molecule is Cc1ccc(S(=O)(=O)N(CC(=O)NC(C)c2ccc(Br)cc2)C2CCCCC2)cc1. The largest absolute Gasteiger partial charge is 0.348 e. The highest BCUT2D eigenvalue weighted by atomic mass is 79.9. The number of halogens is 1. The molecule has 1 N–H and O–H groups in total. The molecule has 1 atom stereocenters. The molecule has 2 aromatic rings. The van der Waals surface area contributed by atoms with Crippen LogP contribution in [0.1, 0.15) is 56.2 Å². The lowest BCUT2D eigenvalue weighted by molar-refractivity contribution is -0.122. The highest BCUT2D eigenvalue weighted by Gasteiger charge is 2.34. The Labute approximate surface area is 188 Å². The van der Waals surface area contributed by atoms with Crippen molar-refractivity contribution in [3.05, 3.63) is 64.1 Å². The fourth-order valence-corrected chi connectivity index (χ4v) is 5.79. The molecule has 0 spiro atoms.